The van der Waals surface area contributed by atoms with Crippen molar-refractivity contribution in [2.24, 2.45) is 0 Å². The number of aliphatic hydroxyl groups excluding tert-OH is 1. The van der Waals surface area contributed by atoms with Crippen molar-refractivity contribution in [3.8, 4) is 0 Å². The zero-order valence-electron chi connectivity index (χ0n) is 10.9. The second-order valence-electron chi connectivity index (χ2n) is 4.52. The molecule has 0 aliphatic rings. The average Bonchev–Trinajstić information content (AvgIpc) is 2.80. The summed E-state index contributed by atoms with van der Waals surface area (Å²) in [5.41, 5.74) is -1.36. The van der Waals surface area contributed by atoms with Gasteiger partial charge >= 0.3 is 0 Å². The lowest BCUT2D eigenvalue weighted by molar-refractivity contribution is -0.121. The van der Waals surface area contributed by atoms with Gasteiger partial charge in [-0.1, -0.05) is 0 Å². The number of amides is 2. The van der Waals surface area contributed by atoms with Crippen LogP contribution in [0.3, 0.4) is 0 Å². The number of nitrogens with one attached hydrogen (secondary N) is 2. The van der Waals surface area contributed by atoms with Crippen molar-refractivity contribution < 1.29 is 19.8 Å². The van der Waals surface area contributed by atoms with Gasteiger partial charge < -0.3 is 20.8 Å². The Bertz CT molecular complexity index is 456. The number of hydrogen-bond donors (Lipinski definition) is 4. The molecule has 0 aromatic carbocycles. The highest BCUT2D eigenvalue weighted by atomic mass is 32.1. The predicted octanol–water partition coefficient (Wildman–Crippen LogP) is -0.354. The molecule has 1 aromatic heterocycles. The second-order valence-corrected chi connectivity index (χ2v) is 5.81. The summed E-state index contributed by atoms with van der Waals surface area (Å²) in [6.07, 6.45) is 0. The van der Waals surface area contributed by atoms with Crippen LogP contribution in [0.4, 0.5) is 0 Å². The molecular weight excluding hydrogens is 268 g/mol. The summed E-state index contributed by atoms with van der Waals surface area (Å²) in [5, 5.41) is 23.2. The summed E-state index contributed by atoms with van der Waals surface area (Å²) in [6, 6.07) is 3.53. The lowest BCUT2D eigenvalue weighted by atomic mass is 10.1. The summed E-state index contributed by atoms with van der Waals surface area (Å²) in [4.78, 5) is 24.7. The molecule has 0 fully saturated rings. The lowest BCUT2D eigenvalue weighted by Crippen LogP contribution is -2.46. The predicted molar refractivity (Wildman–Crippen MR) is 72.1 cm³/mol. The minimum atomic E-state index is -1.36. The van der Waals surface area contributed by atoms with E-state index in [1.165, 1.54) is 18.3 Å². The summed E-state index contributed by atoms with van der Waals surface area (Å²) >= 11 is 1.35. The van der Waals surface area contributed by atoms with Crippen molar-refractivity contribution >= 4 is 23.2 Å². The summed E-state index contributed by atoms with van der Waals surface area (Å²) < 4.78 is 0. The van der Waals surface area contributed by atoms with Crippen LogP contribution in [0.2, 0.25) is 0 Å². The molecule has 0 spiro atoms. The molecule has 0 saturated heterocycles. The minimum Gasteiger partial charge on any atom is -0.393 e. The maximum atomic E-state index is 11.6. The molecule has 6 nitrogen and oxygen atoms in total. The molecule has 106 valence electrons. The molecule has 0 aliphatic heterocycles. The molecule has 1 heterocycles. The van der Waals surface area contributed by atoms with Gasteiger partial charge in [-0.2, -0.15) is 0 Å². The number of hydrogen-bond acceptors (Lipinski definition) is 5. The minimum absolute atomic E-state index is 0.0731. The molecule has 2 amide bonds. The van der Waals surface area contributed by atoms with Crippen LogP contribution < -0.4 is 10.6 Å². The average molecular weight is 286 g/mol. The van der Waals surface area contributed by atoms with E-state index in [1.54, 1.807) is 6.07 Å². The van der Waals surface area contributed by atoms with E-state index in [4.69, 9.17) is 5.11 Å². The molecule has 1 aromatic rings. The van der Waals surface area contributed by atoms with Crippen LogP contribution in [0, 0.1) is 6.92 Å². The summed E-state index contributed by atoms with van der Waals surface area (Å²) in [5.74, 6) is -0.725. The SMILES string of the molecule is Cc1ccc(C(=O)NCC(=O)NCC(C)(O)CO)s1. The Hall–Kier alpha value is -1.44. The van der Waals surface area contributed by atoms with Gasteiger partial charge in [-0.15, -0.1) is 11.3 Å². The Kier molecular flexibility index (Phi) is 5.46. The highest BCUT2D eigenvalue weighted by Gasteiger charge is 2.19. The fraction of sp³-hybridized carbons (Fsp3) is 0.500. The topological polar surface area (TPSA) is 98.7 Å². The van der Waals surface area contributed by atoms with Gasteiger partial charge in [-0.3, -0.25) is 9.59 Å². The first kappa shape index (κ1) is 15.6. The number of aryl methyl sites for hydroxylation is 1. The Labute approximate surface area is 115 Å². The van der Waals surface area contributed by atoms with Gasteiger partial charge in [0.25, 0.3) is 5.91 Å². The van der Waals surface area contributed by atoms with Crippen molar-refractivity contribution in [3.05, 3.63) is 21.9 Å². The van der Waals surface area contributed by atoms with E-state index in [-0.39, 0.29) is 19.0 Å². The maximum Gasteiger partial charge on any atom is 0.261 e. The van der Waals surface area contributed by atoms with Gasteiger partial charge in [0.05, 0.1) is 18.0 Å². The fourth-order valence-electron chi connectivity index (χ4n) is 1.21. The lowest BCUT2D eigenvalue weighted by Gasteiger charge is -2.20. The van der Waals surface area contributed by atoms with Gasteiger partial charge in [-0.05, 0) is 26.0 Å². The zero-order chi connectivity index (χ0) is 14.5. The molecule has 4 N–H and O–H groups in total. The number of carbonyl (C=O) groups excluding carboxylic acids is 2. The van der Waals surface area contributed by atoms with E-state index in [0.29, 0.717) is 4.88 Å². The number of rotatable bonds is 6. The molecule has 0 aliphatic carbocycles. The molecule has 0 radical (unpaired) electrons. The molecule has 0 saturated carbocycles. The Morgan fingerprint density at radius 1 is 1.37 bits per heavy atom. The third kappa shape index (κ3) is 5.37. The smallest absolute Gasteiger partial charge is 0.261 e. The first-order valence-corrected chi connectivity index (χ1v) is 6.60. The molecule has 19 heavy (non-hydrogen) atoms. The normalized spacial score (nSPS) is 13.7. The molecule has 0 bridgehead atoms. The molecule has 1 unspecified atom stereocenters. The standard InChI is InChI=1S/C12H18N2O4S/c1-8-3-4-9(19-8)11(17)13-5-10(16)14-6-12(2,18)7-15/h3-4,15,18H,5-7H2,1-2H3,(H,13,17)(H,14,16). The van der Waals surface area contributed by atoms with Gasteiger partial charge in [0.2, 0.25) is 5.91 Å². The van der Waals surface area contributed by atoms with E-state index in [1.807, 2.05) is 13.0 Å². The number of aliphatic hydroxyl groups is 2. The number of thiophene rings is 1. The first-order chi connectivity index (χ1) is 8.84. The molecule has 1 atom stereocenters. The largest absolute Gasteiger partial charge is 0.393 e. The van der Waals surface area contributed by atoms with Crippen molar-refractivity contribution in [1.82, 2.24) is 10.6 Å². The first-order valence-electron chi connectivity index (χ1n) is 5.78. The van der Waals surface area contributed by atoms with Crippen LogP contribution in [-0.4, -0.2) is 47.3 Å². The molecule has 7 heteroatoms. The van der Waals surface area contributed by atoms with Crippen LogP contribution in [0.5, 0.6) is 0 Å². The third-order valence-electron chi connectivity index (χ3n) is 2.38. The third-order valence-corrected chi connectivity index (χ3v) is 3.38. The van der Waals surface area contributed by atoms with E-state index < -0.39 is 18.1 Å². The maximum absolute atomic E-state index is 11.6. The van der Waals surface area contributed by atoms with Crippen LogP contribution in [0.25, 0.3) is 0 Å². The molecular formula is C12H18N2O4S. The monoisotopic (exact) mass is 286 g/mol. The Balaban J connectivity index is 2.33. The van der Waals surface area contributed by atoms with E-state index in [2.05, 4.69) is 10.6 Å². The van der Waals surface area contributed by atoms with Crippen LogP contribution >= 0.6 is 11.3 Å². The summed E-state index contributed by atoms with van der Waals surface area (Å²) in [6.45, 7) is 2.60. The zero-order valence-corrected chi connectivity index (χ0v) is 11.7. The quantitative estimate of drug-likeness (QED) is 0.574. The highest BCUT2D eigenvalue weighted by molar-refractivity contribution is 7.13. The highest BCUT2D eigenvalue weighted by Crippen LogP contribution is 2.14. The van der Waals surface area contributed by atoms with Crippen molar-refractivity contribution in [2.75, 3.05) is 19.7 Å². The van der Waals surface area contributed by atoms with Crippen molar-refractivity contribution in [3.63, 3.8) is 0 Å². The second kappa shape index (κ2) is 6.65. The molecule has 1 rings (SSSR count). The van der Waals surface area contributed by atoms with Gasteiger partial charge in [0.1, 0.15) is 5.60 Å². The van der Waals surface area contributed by atoms with Crippen LogP contribution in [0.1, 0.15) is 21.5 Å². The Morgan fingerprint density at radius 2 is 2.05 bits per heavy atom. The van der Waals surface area contributed by atoms with Gasteiger partial charge in [-0.25, -0.2) is 0 Å². The fourth-order valence-corrected chi connectivity index (χ4v) is 2.00. The van der Waals surface area contributed by atoms with Crippen molar-refractivity contribution in [2.45, 2.75) is 19.4 Å². The number of carbonyl (C=O) groups is 2. The summed E-state index contributed by atoms with van der Waals surface area (Å²) in [7, 11) is 0. The van der Waals surface area contributed by atoms with Crippen LogP contribution in [-0.2, 0) is 4.79 Å². The van der Waals surface area contributed by atoms with E-state index in [9.17, 15) is 14.7 Å². The van der Waals surface area contributed by atoms with E-state index >= 15 is 0 Å². The van der Waals surface area contributed by atoms with Gasteiger partial charge in [0.15, 0.2) is 0 Å². The van der Waals surface area contributed by atoms with Gasteiger partial charge in [0, 0.05) is 11.4 Å². The van der Waals surface area contributed by atoms with Crippen molar-refractivity contribution in [1.29, 1.82) is 0 Å². The van der Waals surface area contributed by atoms with Crippen LogP contribution in [0.15, 0.2) is 12.1 Å². The Morgan fingerprint density at radius 3 is 2.58 bits per heavy atom. The van der Waals surface area contributed by atoms with E-state index in [0.717, 1.165) is 4.88 Å².